The molecule has 27 heavy (non-hydrogen) atoms. The Balaban J connectivity index is 1.67. The lowest BCUT2D eigenvalue weighted by molar-refractivity contribution is 0.0950. The molecule has 0 aliphatic heterocycles. The Kier molecular flexibility index (Phi) is 5.78. The second kappa shape index (κ2) is 8.42. The highest BCUT2D eigenvalue weighted by Gasteiger charge is 2.12. The van der Waals surface area contributed by atoms with E-state index in [1.165, 1.54) is 18.5 Å². The lowest BCUT2D eigenvalue weighted by Gasteiger charge is -2.08. The van der Waals surface area contributed by atoms with Gasteiger partial charge in [0.25, 0.3) is 11.8 Å². The van der Waals surface area contributed by atoms with E-state index in [0.29, 0.717) is 22.8 Å². The molecule has 0 saturated carbocycles. The predicted molar refractivity (Wildman–Crippen MR) is 104 cm³/mol. The van der Waals surface area contributed by atoms with E-state index in [0.717, 1.165) is 11.1 Å². The topological polar surface area (TPSA) is 84.0 Å². The number of anilines is 1. The molecule has 2 heterocycles. The standard InChI is InChI=1S/C20H17ClN4O2/c1-13-2-3-17(9-18(13)21)25-20(27)16-8-15(11-23-12-16)19(26)24-10-14-4-6-22-7-5-14/h2-9,11-12H,10H2,1H3,(H,24,26)(H,25,27). The number of pyridine rings is 2. The molecule has 2 amide bonds. The molecule has 0 aliphatic rings. The molecule has 0 radical (unpaired) electrons. The van der Waals surface area contributed by atoms with Gasteiger partial charge in [0.1, 0.15) is 0 Å². The van der Waals surface area contributed by atoms with Gasteiger partial charge in [0, 0.05) is 42.0 Å². The quantitative estimate of drug-likeness (QED) is 0.708. The molecule has 6 nitrogen and oxygen atoms in total. The third kappa shape index (κ3) is 4.89. The van der Waals surface area contributed by atoms with Crippen LogP contribution in [-0.2, 0) is 6.54 Å². The van der Waals surface area contributed by atoms with Gasteiger partial charge in [0.15, 0.2) is 0 Å². The molecule has 3 aromatic rings. The van der Waals surface area contributed by atoms with E-state index in [4.69, 9.17) is 11.6 Å². The van der Waals surface area contributed by atoms with Gasteiger partial charge >= 0.3 is 0 Å². The molecule has 2 N–H and O–H groups in total. The smallest absolute Gasteiger partial charge is 0.257 e. The third-order valence-corrected chi connectivity index (χ3v) is 4.30. The average Bonchev–Trinajstić information content (AvgIpc) is 2.70. The van der Waals surface area contributed by atoms with Crippen molar-refractivity contribution in [2.24, 2.45) is 0 Å². The zero-order valence-electron chi connectivity index (χ0n) is 14.6. The van der Waals surface area contributed by atoms with E-state index in [1.54, 1.807) is 24.5 Å². The summed E-state index contributed by atoms with van der Waals surface area (Å²) in [6.07, 6.45) is 6.14. The zero-order chi connectivity index (χ0) is 19.2. The van der Waals surface area contributed by atoms with Crippen molar-refractivity contribution in [3.05, 3.63) is 88.5 Å². The van der Waals surface area contributed by atoms with Crippen molar-refractivity contribution in [1.82, 2.24) is 15.3 Å². The molecule has 0 atom stereocenters. The highest BCUT2D eigenvalue weighted by Crippen LogP contribution is 2.20. The van der Waals surface area contributed by atoms with Crippen LogP contribution in [0.25, 0.3) is 0 Å². The first-order valence-corrected chi connectivity index (χ1v) is 8.60. The Bertz CT molecular complexity index is 977. The van der Waals surface area contributed by atoms with Crippen molar-refractivity contribution < 1.29 is 9.59 Å². The molecule has 0 fully saturated rings. The summed E-state index contributed by atoms with van der Waals surface area (Å²) >= 11 is 6.07. The minimum absolute atomic E-state index is 0.281. The Morgan fingerprint density at radius 2 is 1.67 bits per heavy atom. The van der Waals surface area contributed by atoms with Crippen molar-refractivity contribution in [1.29, 1.82) is 0 Å². The summed E-state index contributed by atoms with van der Waals surface area (Å²) in [7, 11) is 0. The van der Waals surface area contributed by atoms with Gasteiger partial charge in [-0.25, -0.2) is 0 Å². The van der Waals surface area contributed by atoms with Gasteiger partial charge in [-0.3, -0.25) is 19.6 Å². The minimum atomic E-state index is -0.369. The Labute approximate surface area is 161 Å². The van der Waals surface area contributed by atoms with Crippen LogP contribution < -0.4 is 10.6 Å². The van der Waals surface area contributed by atoms with Crippen LogP contribution in [0.4, 0.5) is 5.69 Å². The van der Waals surface area contributed by atoms with Gasteiger partial charge < -0.3 is 10.6 Å². The molecule has 0 saturated heterocycles. The summed E-state index contributed by atoms with van der Waals surface area (Å²) in [5.74, 6) is -0.682. The molecule has 0 aliphatic carbocycles. The van der Waals surface area contributed by atoms with Crippen LogP contribution in [0.15, 0.2) is 61.2 Å². The van der Waals surface area contributed by atoms with Gasteiger partial charge in [-0.1, -0.05) is 17.7 Å². The van der Waals surface area contributed by atoms with E-state index in [1.807, 2.05) is 25.1 Å². The van der Waals surface area contributed by atoms with Crippen molar-refractivity contribution >= 4 is 29.1 Å². The Hall–Kier alpha value is -3.25. The fraction of sp³-hybridized carbons (Fsp3) is 0.100. The molecule has 3 rings (SSSR count). The number of amides is 2. The number of nitrogens with zero attached hydrogens (tertiary/aromatic N) is 2. The number of halogens is 1. The summed E-state index contributed by atoms with van der Waals surface area (Å²) in [5.41, 5.74) is 3.01. The Morgan fingerprint density at radius 1 is 0.963 bits per heavy atom. The van der Waals surface area contributed by atoms with Gasteiger partial charge in [0.2, 0.25) is 0 Å². The van der Waals surface area contributed by atoms with Crippen LogP contribution >= 0.6 is 11.6 Å². The largest absolute Gasteiger partial charge is 0.348 e. The number of benzene rings is 1. The Morgan fingerprint density at radius 3 is 2.37 bits per heavy atom. The minimum Gasteiger partial charge on any atom is -0.348 e. The number of hydrogen-bond donors (Lipinski definition) is 2. The maximum Gasteiger partial charge on any atom is 0.257 e. The fourth-order valence-corrected chi connectivity index (χ4v) is 2.53. The maximum atomic E-state index is 12.4. The number of aryl methyl sites for hydroxylation is 1. The van der Waals surface area contributed by atoms with Crippen molar-refractivity contribution in [3.8, 4) is 0 Å². The number of nitrogens with one attached hydrogen (secondary N) is 2. The fourth-order valence-electron chi connectivity index (χ4n) is 2.35. The van der Waals surface area contributed by atoms with Crippen molar-refractivity contribution in [2.75, 3.05) is 5.32 Å². The molecule has 2 aromatic heterocycles. The molecular weight excluding hydrogens is 364 g/mol. The second-order valence-electron chi connectivity index (χ2n) is 5.92. The first kappa shape index (κ1) is 18.5. The van der Waals surface area contributed by atoms with Gasteiger partial charge in [-0.15, -0.1) is 0 Å². The molecule has 0 spiro atoms. The van der Waals surface area contributed by atoms with Gasteiger partial charge in [0.05, 0.1) is 11.1 Å². The van der Waals surface area contributed by atoms with E-state index in [2.05, 4.69) is 20.6 Å². The molecule has 136 valence electrons. The molecule has 7 heteroatoms. The van der Waals surface area contributed by atoms with E-state index < -0.39 is 0 Å². The van der Waals surface area contributed by atoms with Crippen LogP contribution in [-0.4, -0.2) is 21.8 Å². The first-order chi connectivity index (χ1) is 13.0. The monoisotopic (exact) mass is 380 g/mol. The lowest BCUT2D eigenvalue weighted by atomic mass is 10.1. The molecule has 1 aromatic carbocycles. The summed E-state index contributed by atoms with van der Waals surface area (Å²) in [4.78, 5) is 32.7. The van der Waals surface area contributed by atoms with Crippen LogP contribution in [0.1, 0.15) is 31.8 Å². The second-order valence-corrected chi connectivity index (χ2v) is 6.33. The number of carbonyl (C=O) groups is 2. The zero-order valence-corrected chi connectivity index (χ0v) is 15.3. The first-order valence-electron chi connectivity index (χ1n) is 8.22. The highest BCUT2D eigenvalue weighted by molar-refractivity contribution is 6.31. The lowest BCUT2D eigenvalue weighted by Crippen LogP contribution is -2.23. The summed E-state index contributed by atoms with van der Waals surface area (Å²) in [6.45, 7) is 2.24. The summed E-state index contributed by atoms with van der Waals surface area (Å²) in [6, 6.07) is 10.4. The number of rotatable bonds is 5. The predicted octanol–water partition coefficient (Wildman–Crippen LogP) is 3.62. The normalized spacial score (nSPS) is 10.3. The van der Waals surface area contributed by atoms with Crippen molar-refractivity contribution in [2.45, 2.75) is 13.5 Å². The number of hydrogen-bond acceptors (Lipinski definition) is 4. The maximum absolute atomic E-state index is 12.4. The summed E-state index contributed by atoms with van der Waals surface area (Å²) in [5, 5.41) is 6.10. The van der Waals surface area contributed by atoms with E-state index in [-0.39, 0.29) is 17.4 Å². The van der Waals surface area contributed by atoms with E-state index in [9.17, 15) is 9.59 Å². The third-order valence-electron chi connectivity index (χ3n) is 3.89. The van der Waals surface area contributed by atoms with Crippen LogP contribution in [0.3, 0.4) is 0 Å². The van der Waals surface area contributed by atoms with Crippen LogP contribution in [0, 0.1) is 6.92 Å². The van der Waals surface area contributed by atoms with Gasteiger partial charge in [-0.2, -0.15) is 0 Å². The van der Waals surface area contributed by atoms with Crippen LogP contribution in [0.5, 0.6) is 0 Å². The highest BCUT2D eigenvalue weighted by atomic mass is 35.5. The number of carbonyl (C=O) groups excluding carboxylic acids is 2. The molecule has 0 unspecified atom stereocenters. The molecule has 0 bridgehead atoms. The average molecular weight is 381 g/mol. The van der Waals surface area contributed by atoms with E-state index >= 15 is 0 Å². The van der Waals surface area contributed by atoms with Crippen LogP contribution in [0.2, 0.25) is 5.02 Å². The van der Waals surface area contributed by atoms with Gasteiger partial charge in [-0.05, 0) is 48.4 Å². The molecular formula is C20H17ClN4O2. The number of aromatic nitrogens is 2. The van der Waals surface area contributed by atoms with Crippen molar-refractivity contribution in [3.63, 3.8) is 0 Å². The SMILES string of the molecule is Cc1ccc(NC(=O)c2cncc(C(=O)NCc3ccncc3)c2)cc1Cl. The summed E-state index contributed by atoms with van der Waals surface area (Å²) < 4.78 is 0.